The smallest absolute Gasteiger partial charge is 0.354 e. The lowest BCUT2D eigenvalue weighted by Gasteiger charge is -2.11. The molecular weight excluding hydrogens is 412 g/mol. The van der Waals surface area contributed by atoms with Gasteiger partial charge in [-0.3, -0.25) is 14.7 Å². The van der Waals surface area contributed by atoms with E-state index in [4.69, 9.17) is 9.84 Å². The average molecular weight is 430 g/mol. The number of carbonyl (C=O) groups excluding carboxylic acids is 3. The standard InChI is InChI=1S/C19H18N4O6S/c24-12-10-13(17(25)14-15(12)22-23-16(14)18(26)27)30-9-8-29-7-6-20-19(28)21-11-4-2-1-3-5-11/h1-5,10H,6-9H2,(H,22,23)(H,26,27)(H2,20,21,28). The molecule has 4 N–H and O–H groups in total. The van der Waals surface area contributed by atoms with E-state index in [0.29, 0.717) is 18.0 Å². The number of benzene rings is 1. The number of hydrogen-bond acceptors (Lipinski definition) is 7. The first-order valence-corrected chi connectivity index (χ1v) is 9.88. The highest BCUT2D eigenvalue weighted by Crippen LogP contribution is 2.29. The first-order valence-electron chi connectivity index (χ1n) is 8.90. The maximum atomic E-state index is 12.5. The summed E-state index contributed by atoms with van der Waals surface area (Å²) in [5, 5.41) is 20.3. The minimum atomic E-state index is -1.36. The van der Waals surface area contributed by atoms with Crippen LogP contribution in [0.25, 0.3) is 0 Å². The van der Waals surface area contributed by atoms with Gasteiger partial charge in [0.05, 0.1) is 23.7 Å². The molecule has 1 aliphatic rings. The molecule has 156 valence electrons. The molecule has 1 aromatic heterocycles. The van der Waals surface area contributed by atoms with Gasteiger partial charge in [0.25, 0.3) is 0 Å². The third-order valence-electron chi connectivity index (χ3n) is 3.98. The number of fused-ring (bicyclic) bond motifs is 1. The van der Waals surface area contributed by atoms with Gasteiger partial charge in [-0.25, -0.2) is 9.59 Å². The Morgan fingerprint density at radius 3 is 2.67 bits per heavy atom. The number of nitrogens with one attached hydrogen (secondary N) is 3. The molecule has 10 nitrogen and oxygen atoms in total. The van der Waals surface area contributed by atoms with E-state index in [1.54, 1.807) is 12.1 Å². The quantitative estimate of drug-likeness (QED) is 0.441. The zero-order valence-electron chi connectivity index (χ0n) is 15.6. The molecule has 2 aromatic rings. The summed E-state index contributed by atoms with van der Waals surface area (Å²) in [6.45, 7) is 0.836. The summed E-state index contributed by atoms with van der Waals surface area (Å²) in [6, 6.07) is 8.66. The molecule has 0 saturated carbocycles. The fraction of sp³-hybridized carbons (Fsp3) is 0.211. The Kier molecular flexibility index (Phi) is 6.99. The monoisotopic (exact) mass is 430 g/mol. The summed E-state index contributed by atoms with van der Waals surface area (Å²) < 4.78 is 5.40. The van der Waals surface area contributed by atoms with Crippen LogP contribution in [0.2, 0.25) is 0 Å². The highest BCUT2D eigenvalue weighted by atomic mass is 32.2. The average Bonchev–Trinajstić information content (AvgIpc) is 3.18. The first kappa shape index (κ1) is 21.3. The van der Waals surface area contributed by atoms with Crippen molar-refractivity contribution in [1.82, 2.24) is 15.5 Å². The fourth-order valence-electron chi connectivity index (χ4n) is 2.63. The number of urea groups is 1. The molecule has 0 spiro atoms. The highest BCUT2D eigenvalue weighted by molar-refractivity contribution is 8.04. The number of hydrogen-bond donors (Lipinski definition) is 4. The predicted molar refractivity (Wildman–Crippen MR) is 109 cm³/mol. The van der Waals surface area contributed by atoms with Crippen molar-refractivity contribution < 1.29 is 29.0 Å². The Labute approximate surface area is 175 Å². The van der Waals surface area contributed by atoms with Crippen molar-refractivity contribution in [2.45, 2.75) is 0 Å². The molecule has 0 unspecified atom stereocenters. The maximum Gasteiger partial charge on any atom is 0.354 e. The SMILES string of the molecule is O=C(NCCOCCSC1=CC(=O)c2n[nH]c(C(=O)O)c2C1=O)Nc1ccccc1. The van der Waals surface area contributed by atoms with Crippen molar-refractivity contribution >= 4 is 41.0 Å². The molecule has 0 radical (unpaired) electrons. The van der Waals surface area contributed by atoms with Crippen LogP contribution >= 0.6 is 11.8 Å². The number of aromatic carboxylic acids is 1. The molecule has 0 fully saturated rings. The fourth-order valence-corrected chi connectivity index (χ4v) is 3.47. The Morgan fingerprint density at radius 1 is 1.17 bits per heavy atom. The third kappa shape index (κ3) is 5.13. The number of ketones is 2. The molecular formula is C19H18N4O6S. The van der Waals surface area contributed by atoms with E-state index < -0.39 is 23.2 Å². The molecule has 1 aliphatic carbocycles. The minimum absolute atomic E-state index is 0.139. The van der Waals surface area contributed by atoms with Crippen LogP contribution in [0.4, 0.5) is 10.5 Å². The summed E-state index contributed by atoms with van der Waals surface area (Å²) in [7, 11) is 0. The molecule has 3 rings (SSSR count). The number of anilines is 1. The van der Waals surface area contributed by atoms with Crippen LogP contribution in [0, 0.1) is 0 Å². The van der Waals surface area contributed by atoms with Crippen molar-refractivity contribution in [3.63, 3.8) is 0 Å². The van der Waals surface area contributed by atoms with E-state index in [9.17, 15) is 19.2 Å². The number of carboxylic acid groups (broad SMARTS) is 1. The van der Waals surface area contributed by atoms with Crippen LogP contribution in [0.1, 0.15) is 31.3 Å². The van der Waals surface area contributed by atoms with Gasteiger partial charge in [-0.05, 0) is 12.1 Å². The predicted octanol–water partition coefficient (Wildman–Crippen LogP) is 1.94. The Bertz CT molecular complexity index is 1000. The van der Waals surface area contributed by atoms with Gasteiger partial charge >= 0.3 is 12.0 Å². The van der Waals surface area contributed by atoms with Gasteiger partial charge in [0.2, 0.25) is 11.6 Å². The summed E-state index contributed by atoms with van der Waals surface area (Å²) in [5.74, 6) is -2.06. The molecule has 11 heteroatoms. The van der Waals surface area contributed by atoms with E-state index in [0.717, 1.165) is 17.8 Å². The second-order valence-corrected chi connectivity index (χ2v) is 7.17. The lowest BCUT2D eigenvalue weighted by molar-refractivity contribution is 0.0686. The number of H-pyrrole nitrogens is 1. The van der Waals surface area contributed by atoms with Gasteiger partial charge in [-0.2, -0.15) is 5.10 Å². The van der Waals surface area contributed by atoms with Gasteiger partial charge < -0.3 is 20.5 Å². The van der Waals surface area contributed by atoms with Crippen LogP contribution in [-0.2, 0) is 4.74 Å². The van der Waals surface area contributed by atoms with Crippen molar-refractivity contribution in [2.75, 3.05) is 30.8 Å². The molecule has 0 atom stereocenters. The van der Waals surface area contributed by atoms with E-state index in [2.05, 4.69) is 20.8 Å². The Morgan fingerprint density at radius 2 is 1.93 bits per heavy atom. The van der Waals surface area contributed by atoms with Gasteiger partial charge in [0, 0.05) is 24.1 Å². The van der Waals surface area contributed by atoms with E-state index >= 15 is 0 Å². The Balaban J connectivity index is 1.37. The molecule has 0 saturated heterocycles. The first-order chi connectivity index (χ1) is 14.5. The van der Waals surface area contributed by atoms with Crippen molar-refractivity contribution in [2.24, 2.45) is 0 Å². The molecule has 1 heterocycles. The summed E-state index contributed by atoms with van der Waals surface area (Å²) in [5.41, 5.74) is -0.116. The zero-order valence-corrected chi connectivity index (χ0v) is 16.5. The van der Waals surface area contributed by atoms with Crippen LogP contribution in [0.5, 0.6) is 0 Å². The number of nitrogens with zero attached hydrogens (tertiary/aromatic N) is 1. The zero-order chi connectivity index (χ0) is 21.5. The van der Waals surface area contributed by atoms with Crippen molar-refractivity contribution in [3.05, 3.63) is 58.3 Å². The van der Waals surface area contributed by atoms with Gasteiger partial charge in [-0.1, -0.05) is 18.2 Å². The van der Waals surface area contributed by atoms with E-state index in [-0.39, 0.29) is 35.4 Å². The summed E-state index contributed by atoms with van der Waals surface area (Å²) in [4.78, 5) is 47.6. The topological polar surface area (TPSA) is 150 Å². The van der Waals surface area contributed by atoms with Crippen LogP contribution in [-0.4, -0.2) is 64.4 Å². The van der Waals surface area contributed by atoms with Crippen molar-refractivity contribution in [1.29, 1.82) is 0 Å². The number of thioether (sulfide) groups is 1. The van der Waals surface area contributed by atoms with E-state index in [1.165, 1.54) is 0 Å². The van der Waals surface area contributed by atoms with Crippen LogP contribution in [0.15, 0.2) is 41.3 Å². The highest BCUT2D eigenvalue weighted by Gasteiger charge is 2.33. The number of carboxylic acids is 1. The largest absolute Gasteiger partial charge is 0.477 e. The lowest BCUT2D eigenvalue weighted by atomic mass is 9.99. The number of aromatic nitrogens is 2. The van der Waals surface area contributed by atoms with Crippen LogP contribution < -0.4 is 10.6 Å². The molecule has 0 aliphatic heterocycles. The van der Waals surface area contributed by atoms with Crippen LogP contribution in [0.3, 0.4) is 0 Å². The summed E-state index contributed by atoms with van der Waals surface area (Å²) in [6.07, 6.45) is 1.15. The maximum absolute atomic E-state index is 12.5. The lowest BCUT2D eigenvalue weighted by Crippen LogP contribution is -2.31. The number of amides is 2. The Hall–Kier alpha value is -3.44. The number of para-hydroxylation sites is 1. The van der Waals surface area contributed by atoms with Gasteiger partial charge in [0.1, 0.15) is 5.69 Å². The number of aromatic amines is 1. The van der Waals surface area contributed by atoms with Gasteiger partial charge in [0.15, 0.2) is 5.69 Å². The summed E-state index contributed by atoms with van der Waals surface area (Å²) >= 11 is 1.09. The van der Waals surface area contributed by atoms with E-state index in [1.807, 2.05) is 18.2 Å². The number of carbonyl (C=O) groups is 4. The second-order valence-electron chi connectivity index (χ2n) is 6.04. The number of rotatable bonds is 9. The minimum Gasteiger partial charge on any atom is -0.477 e. The number of allylic oxidation sites excluding steroid dienone is 2. The third-order valence-corrected chi connectivity index (χ3v) is 4.96. The molecule has 2 amide bonds. The number of ether oxygens (including phenoxy) is 1. The normalized spacial score (nSPS) is 12.9. The molecule has 0 bridgehead atoms. The van der Waals surface area contributed by atoms with Gasteiger partial charge in [-0.15, -0.1) is 11.8 Å². The number of Topliss-reactive ketones (excluding diaryl/α,β-unsaturated/α-hetero) is 1. The molecule has 30 heavy (non-hydrogen) atoms. The van der Waals surface area contributed by atoms with Crippen molar-refractivity contribution in [3.8, 4) is 0 Å². The second kappa shape index (κ2) is 9.85. The molecule has 1 aromatic carbocycles.